The van der Waals surface area contributed by atoms with Gasteiger partial charge in [0.25, 0.3) is 11.5 Å². The third-order valence-electron chi connectivity index (χ3n) is 3.92. The summed E-state index contributed by atoms with van der Waals surface area (Å²) in [5.41, 5.74) is 1.62. The lowest BCUT2D eigenvalue weighted by atomic mass is 10.2. The van der Waals surface area contributed by atoms with Gasteiger partial charge in [-0.25, -0.2) is 4.39 Å². The molecular weight excluding hydrogens is 349 g/mol. The van der Waals surface area contributed by atoms with Crippen molar-refractivity contribution in [2.75, 3.05) is 5.32 Å². The van der Waals surface area contributed by atoms with Gasteiger partial charge in [0.2, 0.25) is 5.88 Å². The van der Waals surface area contributed by atoms with Crippen LogP contribution in [0.4, 0.5) is 10.1 Å². The van der Waals surface area contributed by atoms with Gasteiger partial charge < -0.3 is 10.1 Å². The van der Waals surface area contributed by atoms with Crippen molar-refractivity contribution in [3.63, 3.8) is 0 Å². The number of para-hydroxylation sites is 1. The van der Waals surface area contributed by atoms with Gasteiger partial charge in [0.05, 0.1) is 5.69 Å². The van der Waals surface area contributed by atoms with Crippen molar-refractivity contribution in [2.24, 2.45) is 0 Å². The van der Waals surface area contributed by atoms with Gasteiger partial charge in [-0.05, 0) is 49.7 Å². The number of halogens is 1. The lowest BCUT2D eigenvalue weighted by Gasteiger charge is -2.15. The second-order valence-electron chi connectivity index (χ2n) is 5.96. The van der Waals surface area contributed by atoms with E-state index in [2.05, 4.69) is 10.4 Å². The Kier molecular flexibility index (Phi) is 5.30. The summed E-state index contributed by atoms with van der Waals surface area (Å²) >= 11 is 0. The highest BCUT2D eigenvalue weighted by Gasteiger charge is 2.17. The minimum absolute atomic E-state index is 0.103. The molecule has 0 saturated heterocycles. The molecule has 27 heavy (non-hydrogen) atoms. The summed E-state index contributed by atoms with van der Waals surface area (Å²) in [4.78, 5) is 24.4. The first-order chi connectivity index (χ1) is 12.9. The number of ether oxygens (including phenoxy) is 1. The highest BCUT2D eigenvalue weighted by atomic mass is 19.1. The minimum atomic E-state index is -0.837. The number of aromatic nitrogens is 2. The van der Waals surface area contributed by atoms with E-state index < -0.39 is 17.5 Å². The Balaban J connectivity index is 1.76. The molecule has 0 aliphatic heterocycles. The standard InChI is InChI=1S/C20H18FN3O3/c1-13-5-3-4-6-17(13)22-20(26)14(2)27-18-11-12-19(25)24(23-18)16-9-7-15(21)8-10-16/h3-12,14H,1-2H3,(H,22,26)/t14-/m1/s1. The van der Waals surface area contributed by atoms with Crippen molar-refractivity contribution in [1.82, 2.24) is 9.78 Å². The van der Waals surface area contributed by atoms with Gasteiger partial charge in [-0.3, -0.25) is 9.59 Å². The summed E-state index contributed by atoms with van der Waals surface area (Å²) in [7, 11) is 0. The van der Waals surface area contributed by atoms with Crippen molar-refractivity contribution in [1.29, 1.82) is 0 Å². The van der Waals surface area contributed by atoms with Crippen LogP contribution in [0.25, 0.3) is 5.69 Å². The average molecular weight is 367 g/mol. The van der Waals surface area contributed by atoms with E-state index in [9.17, 15) is 14.0 Å². The maximum Gasteiger partial charge on any atom is 0.271 e. The van der Waals surface area contributed by atoms with Gasteiger partial charge >= 0.3 is 0 Å². The molecule has 3 rings (SSSR count). The number of nitrogens with zero attached hydrogens (tertiary/aromatic N) is 2. The highest BCUT2D eigenvalue weighted by molar-refractivity contribution is 5.94. The van der Waals surface area contributed by atoms with E-state index in [1.54, 1.807) is 13.0 Å². The lowest BCUT2D eigenvalue weighted by molar-refractivity contribution is -0.122. The molecule has 138 valence electrons. The SMILES string of the molecule is Cc1ccccc1NC(=O)[C@@H](C)Oc1ccc(=O)n(-c2ccc(F)cc2)n1. The van der Waals surface area contributed by atoms with E-state index in [1.807, 2.05) is 25.1 Å². The van der Waals surface area contributed by atoms with Crippen LogP contribution in [-0.2, 0) is 4.79 Å². The van der Waals surface area contributed by atoms with E-state index in [1.165, 1.54) is 36.4 Å². The van der Waals surface area contributed by atoms with Crippen LogP contribution in [0, 0.1) is 12.7 Å². The molecule has 0 aliphatic carbocycles. The number of rotatable bonds is 5. The Bertz CT molecular complexity index is 1020. The molecule has 0 aliphatic rings. The monoisotopic (exact) mass is 367 g/mol. The quantitative estimate of drug-likeness (QED) is 0.752. The first kappa shape index (κ1) is 18.3. The molecule has 3 aromatic rings. The van der Waals surface area contributed by atoms with E-state index in [0.29, 0.717) is 11.4 Å². The van der Waals surface area contributed by atoms with Crippen molar-refractivity contribution < 1.29 is 13.9 Å². The van der Waals surface area contributed by atoms with E-state index in [4.69, 9.17) is 4.74 Å². The fourth-order valence-electron chi connectivity index (χ4n) is 2.41. The summed E-state index contributed by atoms with van der Waals surface area (Å²) in [6.45, 7) is 3.48. The molecule has 6 nitrogen and oxygen atoms in total. The summed E-state index contributed by atoms with van der Waals surface area (Å²) in [5, 5.41) is 6.89. The van der Waals surface area contributed by atoms with Crippen molar-refractivity contribution in [3.8, 4) is 11.6 Å². The van der Waals surface area contributed by atoms with E-state index in [0.717, 1.165) is 10.2 Å². The number of anilines is 1. The molecule has 0 bridgehead atoms. The van der Waals surface area contributed by atoms with Crippen molar-refractivity contribution in [3.05, 3.63) is 82.4 Å². The Labute approximate surface area is 155 Å². The van der Waals surface area contributed by atoms with Crippen molar-refractivity contribution in [2.45, 2.75) is 20.0 Å². The van der Waals surface area contributed by atoms with E-state index in [-0.39, 0.29) is 11.8 Å². The zero-order chi connectivity index (χ0) is 19.4. The first-order valence-electron chi connectivity index (χ1n) is 8.33. The van der Waals surface area contributed by atoms with Crippen molar-refractivity contribution >= 4 is 11.6 Å². The number of benzene rings is 2. The molecule has 1 aromatic heterocycles. The zero-order valence-corrected chi connectivity index (χ0v) is 14.8. The molecule has 0 saturated carbocycles. The molecule has 0 radical (unpaired) electrons. The molecule has 1 heterocycles. The maximum absolute atomic E-state index is 13.1. The average Bonchev–Trinajstić information content (AvgIpc) is 2.66. The summed E-state index contributed by atoms with van der Waals surface area (Å²) in [5.74, 6) is -0.655. The van der Waals surface area contributed by atoms with Crippen LogP contribution in [0.2, 0.25) is 0 Å². The molecule has 0 unspecified atom stereocenters. The largest absolute Gasteiger partial charge is 0.463 e. The smallest absolute Gasteiger partial charge is 0.271 e. The highest BCUT2D eigenvalue weighted by Crippen LogP contribution is 2.15. The van der Waals surface area contributed by atoms with Gasteiger partial charge in [0.15, 0.2) is 6.10 Å². The van der Waals surface area contributed by atoms with Crippen LogP contribution < -0.4 is 15.6 Å². The van der Waals surface area contributed by atoms with Gasteiger partial charge in [-0.15, -0.1) is 5.10 Å². The molecule has 1 atom stereocenters. The maximum atomic E-state index is 13.1. The Morgan fingerprint density at radius 2 is 1.81 bits per heavy atom. The fraction of sp³-hybridized carbons (Fsp3) is 0.150. The second-order valence-corrected chi connectivity index (χ2v) is 5.96. The summed E-state index contributed by atoms with van der Waals surface area (Å²) in [6.07, 6.45) is -0.837. The second kappa shape index (κ2) is 7.82. The van der Waals surface area contributed by atoms with E-state index >= 15 is 0 Å². The number of carbonyl (C=O) groups excluding carboxylic acids is 1. The number of hydrogen-bond acceptors (Lipinski definition) is 4. The molecule has 2 aromatic carbocycles. The first-order valence-corrected chi connectivity index (χ1v) is 8.33. The zero-order valence-electron chi connectivity index (χ0n) is 14.8. The summed E-state index contributed by atoms with van der Waals surface area (Å²) < 4.78 is 19.7. The van der Waals surface area contributed by atoms with Gasteiger partial charge in [0, 0.05) is 17.8 Å². The molecule has 1 N–H and O–H groups in total. The van der Waals surface area contributed by atoms with Crippen LogP contribution in [0.15, 0.2) is 65.5 Å². The predicted octanol–water partition coefficient (Wildman–Crippen LogP) is 3.09. The minimum Gasteiger partial charge on any atom is -0.463 e. The summed E-state index contributed by atoms with van der Waals surface area (Å²) in [6, 6.07) is 15.4. The number of carbonyl (C=O) groups is 1. The predicted molar refractivity (Wildman–Crippen MR) is 99.7 cm³/mol. The van der Waals surface area contributed by atoms with Crippen LogP contribution in [-0.4, -0.2) is 21.8 Å². The third kappa shape index (κ3) is 4.38. The Morgan fingerprint density at radius 3 is 2.52 bits per heavy atom. The number of hydrogen-bond donors (Lipinski definition) is 1. The van der Waals surface area contributed by atoms with Crippen LogP contribution in [0.3, 0.4) is 0 Å². The molecular formula is C20H18FN3O3. The number of nitrogens with one attached hydrogen (secondary N) is 1. The Hall–Kier alpha value is -3.48. The van der Waals surface area contributed by atoms with Crippen LogP contribution >= 0.6 is 0 Å². The molecule has 0 fully saturated rings. The van der Waals surface area contributed by atoms with Gasteiger partial charge in [-0.2, -0.15) is 4.68 Å². The topological polar surface area (TPSA) is 73.2 Å². The fourth-order valence-corrected chi connectivity index (χ4v) is 2.41. The normalized spacial score (nSPS) is 11.7. The van der Waals surface area contributed by atoms with Gasteiger partial charge in [-0.1, -0.05) is 18.2 Å². The van der Waals surface area contributed by atoms with Crippen LogP contribution in [0.1, 0.15) is 12.5 Å². The molecule has 0 spiro atoms. The molecule has 1 amide bonds. The van der Waals surface area contributed by atoms with Gasteiger partial charge in [0.1, 0.15) is 5.82 Å². The third-order valence-corrected chi connectivity index (χ3v) is 3.92. The Morgan fingerprint density at radius 1 is 1.11 bits per heavy atom. The molecule has 7 heteroatoms. The lowest BCUT2D eigenvalue weighted by Crippen LogP contribution is -2.31. The van der Waals surface area contributed by atoms with Crippen LogP contribution in [0.5, 0.6) is 5.88 Å². The number of aryl methyl sites for hydroxylation is 1. The number of amides is 1.